The first-order chi connectivity index (χ1) is 19.7. The summed E-state index contributed by atoms with van der Waals surface area (Å²) in [5, 5.41) is -0.173. The first-order valence-corrected chi connectivity index (χ1v) is 19.5. The number of benzene rings is 1. The molecule has 41 heavy (non-hydrogen) atoms. The van der Waals surface area contributed by atoms with Crippen LogP contribution in [0.25, 0.3) is 0 Å². The number of hydrogen-bond acceptors (Lipinski definition) is 0. The van der Waals surface area contributed by atoms with Crippen molar-refractivity contribution in [2.24, 2.45) is 0 Å². The molecule has 0 nitrogen and oxygen atoms in total. The lowest BCUT2D eigenvalue weighted by molar-refractivity contribution is 0.434. The third-order valence-electron chi connectivity index (χ3n) is 9.18. The number of rotatable bonds is 23. The van der Waals surface area contributed by atoms with Gasteiger partial charge in [-0.25, -0.2) is 13.2 Å². The summed E-state index contributed by atoms with van der Waals surface area (Å²) in [5.41, 5.74) is -0.408. The fourth-order valence-corrected chi connectivity index (χ4v) is 9.62. The quantitative estimate of drug-likeness (QED) is 0.0291. The summed E-state index contributed by atoms with van der Waals surface area (Å²) < 4.78 is 55.1. The summed E-state index contributed by atoms with van der Waals surface area (Å²) in [6.07, 6.45) is 28.6. The molecule has 0 amide bonds. The predicted molar refractivity (Wildman–Crippen MR) is 182 cm³/mol. The Morgan fingerprint density at radius 2 is 0.780 bits per heavy atom. The molecule has 0 bridgehead atoms. The van der Waals surface area contributed by atoms with Crippen molar-refractivity contribution in [3.05, 3.63) is 28.8 Å². The average molecular weight is 605 g/mol. The van der Waals surface area contributed by atoms with Crippen LogP contribution in [0.5, 0.6) is 0 Å². The van der Waals surface area contributed by atoms with E-state index in [9.17, 15) is 17.6 Å². The monoisotopic (exact) mass is 604 g/mol. The van der Waals surface area contributed by atoms with Crippen molar-refractivity contribution in [3.8, 4) is 0 Å². The van der Waals surface area contributed by atoms with E-state index in [0.29, 0.717) is 12.3 Å². The van der Waals surface area contributed by atoms with Gasteiger partial charge in [-0.05, 0) is 19.8 Å². The Labute approximate surface area is 254 Å². The van der Waals surface area contributed by atoms with Crippen LogP contribution in [0.4, 0.5) is 17.6 Å². The van der Waals surface area contributed by atoms with Crippen LogP contribution < -0.4 is 5.30 Å². The molecule has 0 radical (unpaired) electrons. The van der Waals surface area contributed by atoms with Crippen molar-refractivity contribution < 1.29 is 17.6 Å². The van der Waals surface area contributed by atoms with E-state index in [4.69, 9.17) is 0 Å². The lowest BCUT2D eigenvalue weighted by Gasteiger charge is -2.40. The number of hydrogen-bond donors (Lipinski definition) is 0. The molecule has 0 unspecified atom stereocenters. The lowest BCUT2D eigenvalue weighted by Crippen LogP contribution is -2.33. The van der Waals surface area contributed by atoms with Crippen molar-refractivity contribution in [2.75, 3.05) is 12.3 Å². The Balaban J connectivity index is 0.000000781. The van der Waals surface area contributed by atoms with Crippen LogP contribution in [0.3, 0.4) is 0 Å². The van der Waals surface area contributed by atoms with Gasteiger partial charge in [0.2, 0.25) is 5.82 Å². The molecule has 0 aromatic heterocycles. The van der Waals surface area contributed by atoms with Gasteiger partial charge in [0, 0.05) is 19.6 Å². The largest absolute Gasteiger partial charge is 0.206 e. The van der Waals surface area contributed by atoms with Gasteiger partial charge >= 0.3 is 0 Å². The van der Waals surface area contributed by atoms with Gasteiger partial charge in [-0.2, -0.15) is 29.7 Å². The highest BCUT2D eigenvalue weighted by Crippen LogP contribution is 2.40. The Kier molecular flexibility index (Phi) is 24.5. The van der Waals surface area contributed by atoms with Crippen molar-refractivity contribution in [3.63, 3.8) is 0 Å². The first-order valence-electron chi connectivity index (χ1n) is 17.6. The zero-order valence-electron chi connectivity index (χ0n) is 28.1. The molecule has 1 rings (SSSR count). The Morgan fingerprint density at radius 1 is 0.439 bits per heavy atom. The topological polar surface area (TPSA) is 0 Å². The van der Waals surface area contributed by atoms with Crippen LogP contribution in [0.15, 0.2) is 0 Å². The van der Waals surface area contributed by atoms with Crippen molar-refractivity contribution >= 4 is 19.4 Å². The molecule has 0 N–H and O–H groups in total. The summed E-state index contributed by atoms with van der Waals surface area (Å²) in [6.45, 7) is 14.6. The van der Waals surface area contributed by atoms with Gasteiger partial charge in [-0.1, -0.05) is 131 Å². The molecule has 1 aromatic carbocycles. The highest BCUT2D eigenvalue weighted by molar-refractivity contribution is 7.65. The van der Waals surface area contributed by atoms with Crippen LogP contribution in [0.2, 0.25) is 25.3 Å². The van der Waals surface area contributed by atoms with Gasteiger partial charge < -0.3 is 0 Å². The normalized spacial score (nSPS) is 11.7. The molecular formula is C35H66BF4P. The van der Waals surface area contributed by atoms with Gasteiger partial charge in [0.05, 0.1) is 12.3 Å². The molecule has 0 aliphatic rings. The van der Waals surface area contributed by atoms with Crippen LogP contribution in [0.1, 0.15) is 150 Å². The second-order valence-corrected chi connectivity index (χ2v) is 15.5. The van der Waals surface area contributed by atoms with Gasteiger partial charge in [0.15, 0.2) is 22.8 Å². The molecule has 0 fully saturated rings. The van der Waals surface area contributed by atoms with Crippen LogP contribution in [-0.2, 0) is 0 Å². The van der Waals surface area contributed by atoms with Gasteiger partial charge in [-0.3, -0.25) is 0 Å². The van der Waals surface area contributed by atoms with E-state index in [1.807, 2.05) is 13.8 Å². The third kappa shape index (κ3) is 15.6. The van der Waals surface area contributed by atoms with Crippen molar-refractivity contribution in [1.29, 1.82) is 0 Å². The maximum atomic E-state index is 14.2. The minimum Gasteiger partial charge on any atom is -0.203 e. The second-order valence-electron chi connectivity index (χ2n) is 12.8. The Hall–Kier alpha value is -0.565. The van der Waals surface area contributed by atoms with Crippen LogP contribution in [-0.4, -0.2) is 18.5 Å². The molecule has 0 spiro atoms. The molecular weight excluding hydrogens is 538 g/mol. The molecule has 0 aliphatic carbocycles. The van der Waals surface area contributed by atoms with E-state index in [1.54, 1.807) is 25.3 Å². The highest BCUT2D eigenvalue weighted by Gasteiger charge is 2.33. The van der Waals surface area contributed by atoms with Gasteiger partial charge in [-0.15, -0.1) is 0 Å². The SMILES string of the molecule is CCCCC[B-](CCCCC)(CCCCC)CCCCC.CCCC[PH+](CCCC)c1c(F)c(C)c(F)c(F)c1F. The third-order valence-corrected chi connectivity index (χ3v) is 12.2. The van der Waals surface area contributed by atoms with Crippen LogP contribution in [0, 0.1) is 30.2 Å². The Morgan fingerprint density at radius 3 is 1.10 bits per heavy atom. The molecule has 0 saturated heterocycles. The number of unbranched alkanes of at least 4 members (excludes halogenated alkanes) is 10. The molecule has 242 valence electrons. The summed E-state index contributed by atoms with van der Waals surface area (Å²) in [6, 6.07) is 0. The van der Waals surface area contributed by atoms with Crippen LogP contribution >= 0.6 is 7.92 Å². The molecule has 0 atom stereocenters. The summed E-state index contributed by atoms with van der Waals surface area (Å²) in [7, 11) is -1.53. The molecule has 6 heteroatoms. The number of halogens is 4. The van der Waals surface area contributed by atoms with E-state index in [0.717, 1.165) is 32.6 Å². The van der Waals surface area contributed by atoms with E-state index in [2.05, 4.69) is 27.7 Å². The molecule has 0 heterocycles. The van der Waals surface area contributed by atoms with Gasteiger partial charge in [0.1, 0.15) is 0 Å². The summed E-state index contributed by atoms with van der Waals surface area (Å²) >= 11 is 0. The highest BCUT2D eigenvalue weighted by atomic mass is 31.1. The van der Waals surface area contributed by atoms with E-state index in [-0.39, 0.29) is 11.5 Å². The lowest BCUT2D eigenvalue weighted by atomic mass is 9.17. The summed E-state index contributed by atoms with van der Waals surface area (Å²) in [4.78, 5) is 0. The van der Waals surface area contributed by atoms with E-state index >= 15 is 0 Å². The first kappa shape index (κ1) is 40.4. The zero-order chi connectivity index (χ0) is 31.1. The average Bonchev–Trinajstić information content (AvgIpc) is 2.97. The predicted octanol–water partition coefficient (Wildman–Crippen LogP) is 13.2. The standard InChI is InChI=1S/C20H44B.C15H21F4P/c1-5-9-13-17-21(18-14-10-6-2,19-15-11-7-3)20-16-12-8-4;1-4-6-8-20(9-7-5-2)15-12(17)10(3)11(16)13(18)14(15)19/h5-20H2,1-4H3;4-9H2,1-3H3/q-1;/p+1. The molecule has 0 aliphatic heterocycles. The van der Waals surface area contributed by atoms with E-state index in [1.165, 1.54) is 77.0 Å². The maximum Gasteiger partial charge on any atom is 0.206 e. The minimum absolute atomic E-state index is 0.0383. The maximum absolute atomic E-state index is 14.2. The fraction of sp³-hybridized carbons (Fsp3) is 0.829. The van der Waals surface area contributed by atoms with Crippen molar-refractivity contribution in [1.82, 2.24) is 0 Å². The smallest absolute Gasteiger partial charge is 0.203 e. The molecule has 0 saturated carbocycles. The Bertz CT molecular complexity index is 703. The van der Waals surface area contributed by atoms with Gasteiger partial charge in [0.25, 0.3) is 0 Å². The zero-order valence-corrected chi connectivity index (χ0v) is 29.1. The minimum atomic E-state index is -1.53. The van der Waals surface area contributed by atoms with Crippen molar-refractivity contribution in [2.45, 2.75) is 176 Å². The van der Waals surface area contributed by atoms with E-state index < -0.39 is 36.8 Å². The second kappa shape index (κ2) is 24.8. The summed E-state index contributed by atoms with van der Waals surface area (Å²) in [5.74, 6) is -5.14. The molecule has 1 aromatic rings. The fourth-order valence-electron chi connectivity index (χ4n) is 6.39.